The second-order valence-electron chi connectivity index (χ2n) is 7.04. The third-order valence-corrected chi connectivity index (χ3v) is 4.54. The number of amides is 2. The van der Waals surface area contributed by atoms with Crippen molar-refractivity contribution in [2.75, 3.05) is 25.0 Å². The van der Waals surface area contributed by atoms with Crippen molar-refractivity contribution >= 4 is 11.7 Å². The molecule has 146 valence electrons. The van der Waals surface area contributed by atoms with E-state index in [2.05, 4.69) is 5.32 Å². The van der Waals surface area contributed by atoms with E-state index in [1.807, 2.05) is 30.9 Å². The highest BCUT2D eigenvalue weighted by atomic mass is 19.1. The summed E-state index contributed by atoms with van der Waals surface area (Å²) in [5, 5.41) is 2.80. The second kappa shape index (κ2) is 8.43. The minimum atomic E-state index is -0.285. The van der Waals surface area contributed by atoms with Crippen LogP contribution in [0.5, 0.6) is 0 Å². The number of carbonyl (C=O) groups excluding carboxylic acids is 1. The van der Waals surface area contributed by atoms with Gasteiger partial charge >= 0.3 is 6.03 Å². The fourth-order valence-corrected chi connectivity index (χ4v) is 3.31. The number of morpholine rings is 1. The Labute approximate surface area is 158 Å². The largest absolute Gasteiger partial charge is 0.467 e. The lowest BCUT2D eigenvalue weighted by Gasteiger charge is -2.37. The minimum absolute atomic E-state index is 0.0665. The van der Waals surface area contributed by atoms with Gasteiger partial charge in [0, 0.05) is 26.7 Å². The zero-order valence-corrected chi connectivity index (χ0v) is 15.9. The lowest BCUT2D eigenvalue weighted by atomic mass is 10.1. The molecule has 0 aliphatic carbocycles. The third-order valence-electron chi connectivity index (χ3n) is 4.54. The summed E-state index contributed by atoms with van der Waals surface area (Å²) < 4.78 is 25.5. The molecule has 1 aromatic carbocycles. The van der Waals surface area contributed by atoms with E-state index in [-0.39, 0.29) is 30.6 Å². The molecule has 27 heavy (non-hydrogen) atoms. The van der Waals surface area contributed by atoms with Gasteiger partial charge in [0.25, 0.3) is 0 Å². The fraction of sp³-hybridized carbons (Fsp3) is 0.450. The zero-order valence-electron chi connectivity index (χ0n) is 15.9. The van der Waals surface area contributed by atoms with Crippen LogP contribution in [0.15, 0.2) is 41.0 Å². The average molecular weight is 375 g/mol. The van der Waals surface area contributed by atoms with Crippen molar-refractivity contribution in [1.29, 1.82) is 0 Å². The van der Waals surface area contributed by atoms with Gasteiger partial charge in [-0.05, 0) is 43.7 Å². The molecule has 6 nitrogen and oxygen atoms in total. The molecule has 0 bridgehead atoms. The summed E-state index contributed by atoms with van der Waals surface area (Å²) in [6.07, 6.45) is 1.70. The number of furan rings is 1. The summed E-state index contributed by atoms with van der Waals surface area (Å²) in [4.78, 5) is 15.7. The summed E-state index contributed by atoms with van der Waals surface area (Å²) in [5.74, 6) is 0.420. The summed E-state index contributed by atoms with van der Waals surface area (Å²) in [5.41, 5.74) is 1.28. The molecule has 3 rings (SSSR count). The maximum Gasteiger partial charge on any atom is 0.317 e. The van der Waals surface area contributed by atoms with E-state index in [1.165, 1.54) is 11.0 Å². The van der Waals surface area contributed by atoms with Crippen LogP contribution in [0.2, 0.25) is 0 Å². The van der Waals surface area contributed by atoms with Crippen LogP contribution < -0.4 is 10.2 Å². The number of rotatable bonds is 5. The quantitative estimate of drug-likeness (QED) is 0.871. The van der Waals surface area contributed by atoms with Crippen molar-refractivity contribution in [3.05, 3.63) is 53.7 Å². The predicted molar refractivity (Wildman–Crippen MR) is 101 cm³/mol. The number of halogens is 1. The molecule has 2 atom stereocenters. The highest BCUT2D eigenvalue weighted by molar-refractivity contribution is 5.73. The third kappa shape index (κ3) is 5.01. The van der Waals surface area contributed by atoms with Crippen molar-refractivity contribution in [3.63, 3.8) is 0 Å². The molecule has 7 heteroatoms. The molecule has 1 saturated heterocycles. The van der Waals surface area contributed by atoms with Crippen LogP contribution in [0.25, 0.3) is 0 Å². The first kappa shape index (κ1) is 19.2. The van der Waals surface area contributed by atoms with Gasteiger partial charge in [0.1, 0.15) is 11.6 Å². The van der Waals surface area contributed by atoms with Crippen molar-refractivity contribution in [2.45, 2.75) is 39.1 Å². The number of anilines is 1. The van der Waals surface area contributed by atoms with Gasteiger partial charge in [-0.3, -0.25) is 0 Å². The maximum absolute atomic E-state index is 14.6. The van der Waals surface area contributed by atoms with Crippen LogP contribution in [0.3, 0.4) is 0 Å². The fourth-order valence-electron chi connectivity index (χ4n) is 3.31. The number of nitrogens with zero attached hydrogens (tertiary/aromatic N) is 2. The molecule has 1 aliphatic rings. The van der Waals surface area contributed by atoms with Gasteiger partial charge in [0.05, 0.1) is 30.7 Å². The second-order valence-corrected chi connectivity index (χ2v) is 7.04. The standard InChI is InChI=1S/C20H26FN3O3/c1-14-11-24(12-15(2)27-14)19-7-6-16(9-18(19)21)10-22-20(25)23(3)13-17-5-4-8-26-17/h4-9,14-15H,10-13H2,1-3H3,(H,22,25)/t14-,15-/m0/s1. The van der Waals surface area contributed by atoms with Crippen LogP contribution in [0.4, 0.5) is 14.9 Å². The smallest absolute Gasteiger partial charge is 0.317 e. The van der Waals surface area contributed by atoms with Gasteiger partial charge in [-0.1, -0.05) is 6.07 Å². The van der Waals surface area contributed by atoms with Crippen LogP contribution >= 0.6 is 0 Å². The number of nitrogens with one attached hydrogen (secondary N) is 1. The zero-order chi connectivity index (χ0) is 19.4. The van der Waals surface area contributed by atoms with Crippen molar-refractivity contribution in [3.8, 4) is 0 Å². The van der Waals surface area contributed by atoms with E-state index in [0.29, 0.717) is 36.6 Å². The van der Waals surface area contributed by atoms with E-state index >= 15 is 0 Å². The van der Waals surface area contributed by atoms with E-state index in [9.17, 15) is 9.18 Å². The molecule has 1 N–H and O–H groups in total. The molecule has 0 radical (unpaired) electrons. The van der Waals surface area contributed by atoms with E-state index < -0.39 is 0 Å². The Morgan fingerprint density at radius 1 is 1.30 bits per heavy atom. The number of hydrogen-bond acceptors (Lipinski definition) is 4. The summed E-state index contributed by atoms with van der Waals surface area (Å²) >= 11 is 0. The molecule has 2 heterocycles. The number of carbonyl (C=O) groups is 1. The molecule has 0 unspecified atom stereocenters. The van der Waals surface area contributed by atoms with Gasteiger partial charge in [0.15, 0.2) is 0 Å². The molecule has 1 aliphatic heterocycles. The van der Waals surface area contributed by atoms with Gasteiger partial charge in [-0.2, -0.15) is 0 Å². The van der Waals surface area contributed by atoms with Gasteiger partial charge in [-0.25, -0.2) is 9.18 Å². The highest BCUT2D eigenvalue weighted by Crippen LogP contribution is 2.24. The predicted octanol–water partition coefficient (Wildman–Crippen LogP) is 3.37. The first-order valence-electron chi connectivity index (χ1n) is 9.12. The molecule has 2 aromatic rings. The number of ether oxygens (including phenoxy) is 1. The lowest BCUT2D eigenvalue weighted by molar-refractivity contribution is -0.00539. The van der Waals surface area contributed by atoms with E-state index in [4.69, 9.17) is 9.15 Å². The summed E-state index contributed by atoms with van der Waals surface area (Å²) in [6.45, 7) is 5.94. The molecule has 0 spiro atoms. The summed E-state index contributed by atoms with van der Waals surface area (Å²) in [7, 11) is 1.68. The Bertz CT molecular complexity index is 756. The van der Waals surface area contributed by atoms with E-state index in [1.54, 1.807) is 25.4 Å². The minimum Gasteiger partial charge on any atom is -0.467 e. The molecule has 2 amide bonds. The summed E-state index contributed by atoms with van der Waals surface area (Å²) in [6, 6.07) is 8.44. The molecule has 1 fully saturated rings. The number of hydrogen-bond donors (Lipinski definition) is 1. The Morgan fingerprint density at radius 3 is 2.67 bits per heavy atom. The highest BCUT2D eigenvalue weighted by Gasteiger charge is 2.24. The Morgan fingerprint density at radius 2 is 2.04 bits per heavy atom. The van der Waals surface area contributed by atoms with Crippen LogP contribution in [0.1, 0.15) is 25.2 Å². The average Bonchev–Trinajstić information content (AvgIpc) is 3.11. The molecular formula is C20H26FN3O3. The van der Waals surface area contributed by atoms with Crippen LogP contribution in [-0.4, -0.2) is 43.3 Å². The lowest BCUT2D eigenvalue weighted by Crippen LogP contribution is -2.45. The van der Waals surface area contributed by atoms with Gasteiger partial charge in [-0.15, -0.1) is 0 Å². The van der Waals surface area contributed by atoms with Crippen molar-refractivity contribution in [2.24, 2.45) is 0 Å². The Kier molecular flexibility index (Phi) is 6.01. The van der Waals surface area contributed by atoms with Crippen molar-refractivity contribution < 1.29 is 18.3 Å². The molecule has 1 aromatic heterocycles. The van der Waals surface area contributed by atoms with Crippen molar-refractivity contribution in [1.82, 2.24) is 10.2 Å². The first-order valence-corrected chi connectivity index (χ1v) is 9.12. The Hall–Kier alpha value is -2.54. The number of urea groups is 1. The van der Waals surface area contributed by atoms with Gasteiger partial charge in [0.2, 0.25) is 0 Å². The van der Waals surface area contributed by atoms with Crippen LogP contribution in [-0.2, 0) is 17.8 Å². The SMILES string of the molecule is C[C@H]1CN(c2ccc(CNC(=O)N(C)Cc3ccco3)cc2F)C[C@H](C)O1. The molecular weight excluding hydrogens is 349 g/mol. The monoisotopic (exact) mass is 375 g/mol. The van der Waals surface area contributed by atoms with Crippen LogP contribution in [0, 0.1) is 5.82 Å². The normalized spacial score (nSPS) is 19.8. The number of benzene rings is 1. The Balaban J connectivity index is 1.56. The molecule has 0 saturated carbocycles. The van der Waals surface area contributed by atoms with E-state index in [0.717, 1.165) is 0 Å². The maximum atomic E-state index is 14.6. The first-order chi connectivity index (χ1) is 12.9. The van der Waals surface area contributed by atoms with Gasteiger partial charge < -0.3 is 24.3 Å². The topological polar surface area (TPSA) is 58.0 Å².